The standard InChI is InChI=1S/C20H21N3O4/c1-26-14-9-10-17(18(12-14)27-2)22-19(24)8-5-11-23-13-21-16-7-4-3-6-15(16)20(23)25/h3-4,6-7,9-10,12-13H,5,8,11H2,1-2H3,(H,22,24). The number of ether oxygens (including phenoxy) is 2. The van der Waals surface area contributed by atoms with Crippen molar-refractivity contribution >= 4 is 22.5 Å². The van der Waals surface area contributed by atoms with E-state index < -0.39 is 0 Å². The molecule has 0 unspecified atom stereocenters. The summed E-state index contributed by atoms with van der Waals surface area (Å²) >= 11 is 0. The predicted molar refractivity (Wildman–Crippen MR) is 103 cm³/mol. The zero-order valence-corrected chi connectivity index (χ0v) is 15.3. The van der Waals surface area contributed by atoms with Crippen LogP contribution in [0.4, 0.5) is 5.69 Å². The van der Waals surface area contributed by atoms with Gasteiger partial charge in [-0.1, -0.05) is 12.1 Å². The number of benzene rings is 2. The zero-order valence-electron chi connectivity index (χ0n) is 15.3. The molecule has 1 amide bonds. The molecule has 0 bridgehead atoms. The summed E-state index contributed by atoms with van der Waals surface area (Å²) in [6, 6.07) is 12.4. The summed E-state index contributed by atoms with van der Waals surface area (Å²) in [5.41, 5.74) is 1.15. The van der Waals surface area contributed by atoms with Gasteiger partial charge >= 0.3 is 0 Å². The zero-order chi connectivity index (χ0) is 19.2. The van der Waals surface area contributed by atoms with Crippen LogP contribution in [0.15, 0.2) is 53.6 Å². The van der Waals surface area contributed by atoms with E-state index >= 15 is 0 Å². The first-order chi connectivity index (χ1) is 13.1. The highest BCUT2D eigenvalue weighted by Gasteiger charge is 2.10. The quantitative estimate of drug-likeness (QED) is 0.694. The van der Waals surface area contributed by atoms with Gasteiger partial charge in [-0.15, -0.1) is 0 Å². The lowest BCUT2D eigenvalue weighted by atomic mass is 10.2. The molecule has 0 saturated heterocycles. The van der Waals surface area contributed by atoms with Crippen LogP contribution in [0.25, 0.3) is 10.9 Å². The molecular weight excluding hydrogens is 346 g/mol. The Kier molecular flexibility index (Phi) is 5.71. The van der Waals surface area contributed by atoms with Gasteiger partial charge < -0.3 is 14.8 Å². The van der Waals surface area contributed by atoms with Crippen molar-refractivity contribution < 1.29 is 14.3 Å². The lowest BCUT2D eigenvalue weighted by molar-refractivity contribution is -0.116. The Morgan fingerprint density at radius 3 is 2.74 bits per heavy atom. The number of rotatable bonds is 7. The Morgan fingerprint density at radius 2 is 1.96 bits per heavy atom. The average Bonchev–Trinajstić information content (AvgIpc) is 2.70. The van der Waals surface area contributed by atoms with Crippen molar-refractivity contribution in [3.8, 4) is 11.5 Å². The number of carbonyl (C=O) groups is 1. The summed E-state index contributed by atoms with van der Waals surface area (Å²) in [5.74, 6) is 1.02. The Morgan fingerprint density at radius 1 is 1.15 bits per heavy atom. The molecule has 1 heterocycles. The average molecular weight is 367 g/mol. The minimum atomic E-state index is -0.153. The van der Waals surface area contributed by atoms with Crippen LogP contribution in [0, 0.1) is 0 Å². The van der Waals surface area contributed by atoms with Gasteiger partial charge in [0.25, 0.3) is 5.56 Å². The van der Waals surface area contributed by atoms with Crippen molar-refractivity contribution in [1.82, 2.24) is 9.55 Å². The number of hydrogen-bond donors (Lipinski definition) is 1. The summed E-state index contributed by atoms with van der Waals surface area (Å²) in [4.78, 5) is 28.9. The summed E-state index contributed by atoms with van der Waals surface area (Å²) in [6.45, 7) is 0.420. The van der Waals surface area contributed by atoms with Crippen LogP contribution >= 0.6 is 0 Å². The lowest BCUT2D eigenvalue weighted by Gasteiger charge is -2.12. The normalized spacial score (nSPS) is 10.6. The van der Waals surface area contributed by atoms with Crippen molar-refractivity contribution in [3.63, 3.8) is 0 Å². The van der Waals surface area contributed by atoms with E-state index in [1.165, 1.54) is 18.0 Å². The Bertz CT molecular complexity index is 1010. The molecule has 0 aliphatic carbocycles. The van der Waals surface area contributed by atoms with Crippen molar-refractivity contribution in [3.05, 3.63) is 59.1 Å². The van der Waals surface area contributed by atoms with Gasteiger partial charge in [-0.25, -0.2) is 4.98 Å². The number of nitrogens with zero attached hydrogens (tertiary/aromatic N) is 2. The monoisotopic (exact) mass is 367 g/mol. The Labute approximate surface area is 156 Å². The summed E-state index contributed by atoms with van der Waals surface area (Å²) in [7, 11) is 3.10. The van der Waals surface area contributed by atoms with Crippen molar-refractivity contribution in [2.75, 3.05) is 19.5 Å². The fourth-order valence-electron chi connectivity index (χ4n) is 2.79. The first-order valence-electron chi connectivity index (χ1n) is 8.58. The molecule has 140 valence electrons. The van der Waals surface area contributed by atoms with Crippen LogP contribution in [0.2, 0.25) is 0 Å². The van der Waals surface area contributed by atoms with E-state index in [1.807, 2.05) is 12.1 Å². The second kappa shape index (κ2) is 8.35. The number of hydrogen-bond acceptors (Lipinski definition) is 5. The number of aryl methyl sites for hydroxylation is 1. The van der Waals surface area contributed by atoms with E-state index in [2.05, 4.69) is 10.3 Å². The van der Waals surface area contributed by atoms with Gasteiger partial charge in [0, 0.05) is 19.0 Å². The van der Waals surface area contributed by atoms with Crippen LogP contribution in [-0.2, 0) is 11.3 Å². The topological polar surface area (TPSA) is 82.5 Å². The van der Waals surface area contributed by atoms with Crippen molar-refractivity contribution in [1.29, 1.82) is 0 Å². The molecule has 0 fully saturated rings. The van der Waals surface area contributed by atoms with Gasteiger partial charge in [-0.05, 0) is 30.7 Å². The third kappa shape index (κ3) is 4.25. The van der Waals surface area contributed by atoms with Crippen LogP contribution in [0.5, 0.6) is 11.5 Å². The van der Waals surface area contributed by atoms with E-state index in [1.54, 1.807) is 37.4 Å². The highest BCUT2D eigenvalue weighted by molar-refractivity contribution is 5.92. The second-order valence-electron chi connectivity index (χ2n) is 5.98. The molecule has 2 aromatic carbocycles. The van der Waals surface area contributed by atoms with Gasteiger partial charge in [0.05, 0.1) is 37.1 Å². The SMILES string of the molecule is COc1ccc(NC(=O)CCCn2cnc3ccccc3c2=O)c(OC)c1. The Balaban J connectivity index is 1.60. The van der Waals surface area contributed by atoms with E-state index in [0.29, 0.717) is 41.1 Å². The van der Waals surface area contributed by atoms with Crippen LogP contribution in [0.1, 0.15) is 12.8 Å². The first kappa shape index (κ1) is 18.4. The van der Waals surface area contributed by atoms with Crippen molar-refractivity contribution in [2.45, 2.75) is 19.4 Å². The molecule has 1 N–H and O–H groups in total. The highest BCUT2D eigenvalue weighted by atomic mass is 16.5. The van der Waals surface area contributed by atoms with Crippen LogP contribution in [-0.4, -0.2) is 29.7 Å². The van der Waals surface area contributed by atoms with Gasteiger partial charge in [0.1, 0.15) is 11.5 Å². The molecule has 7 nitrogen and oxygen atoms in total. The molecule has 1 aromatic heterocycles. The van der Waals surface area contributed by atoms with Gasteiger partial charge in [-0.2, -0.15) is 0 Å². The van der Waals surface area contributed by atoms with E-state index in [4.69, 9.17) is 9.47 Å². The number of nitrogens with one attached hydrogen (secondary N) is 1. The fraction of sp³-hybridized carbons (Fsp3) is 0.250. The third-order valence-electron chi connectivity index (χ3n) is 4.22. The molecule has 7 heteroatoms. The number of para-hydroxylation sites is 1. The van der Waals surface area contributed by atoms with Gasteiger partial charge in [0.15, 0.2) is 0 Å². The van der Waals surface area contributed by atoms with E-state index in [-0.39, 0.29) is 17.9 Å². The molecule has 27 heavy (non-hydrogen) atoms. The molecule has 3 aromatic rings. The molecule has 0 spiro atoms. The molecule has 0 aliphatic rings. The first-order valence-corrected chi connectivity index (χ1v) is 8.58. The van der Waals surface area contributed by atoms with E-state index in [9.17, 15) is 9.59 Å². The summed E-state index contributed by atoms with van der Waals surface area (Å²) in [5, 5.41) is 3.40. The molecule has 0 atom stereocenters. The molecular formula is C20H21N3O4. The minimum absolute atomic E-state index is 0.0992. The lowest BCUT2D eigenvalue weighted by Crippen LogP contribution is -2.21. The minimum Gasteiger partial charge on any atom is -0.497 e. The maximum Gasteiger partial charge on any atom is 0.261 e. The number of amides is 1. The molecule has 0 aliphatic heterocycles. The van der Waals surface area contributed by atoms with Gasteiger partial charge in [0.2, 0.25) is 5.91 Å². The fourth-order valence-corrected chi connectivity index (χ4v) is 2.79. The summed E-state index contributed by atoms with van der Waals surface area (Å²) < 4.78 is 11.9. The third-order valence-corrected chi connectivity index (χ3v) is 4.22. The molecule has 0 radical (unpaired) electrons. The van der Waals surface area contributed by atoms with Crippen LogP contribution in [0.3, 0.4) is 0 Å². The second-order valence-corrected chi connectivity index (χ2v) is 5.98. The number of carbonyl (C=O) groups excluding carboxylic acids is 1. The highest BCUT2D eigenvalue weighted by Crippen LogP contribution is 2.29. The Hall–Kier alpha value is -3.35. The van der Waals surface area contributed by atoms with Crippen molar-refractivity contribution in [2.24, 2.45) is 0 Å². The van der Waals surface area contributed by atoms with Crippen LogP contribution < -0.4 is 20.3 Å². The largest absolute Gasteiger partial charge is 0.497 e. The molecule has 3 rings (SSSR count). The number of fused-ring (bicyclic) bond motifs is 1. The number of aromatic nitrogens is 2. The smallest absolute Gasteiger partial charge is 0.261 e. The maximum absolute atomic E-state index is 12.4. The van der Waals surface area contributed by atoms with E-state index in [0.717, 1.165) is 0 Å². The predicted octanol–water partition coefficient (Wildman–Crippen LogP) is 2.83. The number of methoxy groups -OCH3 is 2. The van der Waals surface area contributed by atoms with Gasteiger partial charge in [-0.3, -0.25) is 14.2 Å². The maximum atomic E-state index is 12.4. The molecule has 0 saturated carbocycles. The summed E-state index contributed by atoms with van der Waals surface area (Å²) in [6.07, 6.45) is 2.31. The number of anilines is 1.